The summed E-state index contributed by atoms with van der Waals surface area (Å²) < 4.78 is 5.29. The van der Waals surface area contributed by atoms with E-state index in [1.54, 1.807) is 0 Å². The molecule has 0 aromatic heterocycles. The van der Waals surface area contributed by atoms with Crippen molar-refractivity contribution < 1.29 is 4.74 Å². The molecule has 1 N–H and O–H groups in total. The van der Waals surface area contributed by atoms with E-state index in [1.807, 2.05) is 23.9 Å². The second-order valence-electron chi connectivity index (χ2n) is 3.31. The van der Waals surface area contributed by atoms with E-state index in [9.17, 15) is 0 Å². The van der Waals surface area contributed by atoms with Gasteiger partial charge in [-0.1, -0.05) is 18.1 Å². The van der Waals surface area contributed by atoms with E-state index >= 15 is 0 Å². The molecule has 1 rings (SSSR count). The summed E-state index contributed by atoms with van der Waals surface area (Å²) in [5, 5.41) is 3.37. The van der Waals surface area contributed by atoms with Crippen LogP contribution in [0.25, 0.3) is 0 Å². The molecule has 0 aliphatic rings. The fourth-order valence-electron chi connectivity index (χ4n) is 1.24. The Morgan fingerprint density at radius 3 is 2.75 bits per heavy atom. The second kappa shape index (κ2) is 8.09. The first kappa shape index (κ1) is 13.0. The van der Waals surface area contributed by atoms with Crippen molar-refractivity contribution in [3.63, 3.8) is 0 Å². The lowest BCUT2D eigenvalue weighted by molar-refractivity contribution is 0.370. The molecule has 0 aliphatic carbocycles. The fraction of sp³-hybridized carbons (Fsp3) is 0.385. The van der Waals surface area contributed by atoms with Crippen LogP contribution in [0, 0.1) is 12.3 Å². The van der Waals surface area contributed by atoms with Gasteiger partial charge in [0, 0.05) is 18.8 Å². The van der Waals surface area contributed by atoms with E-state index in [2.05, 4.69) is 29.6 Å². The van der Waals surface area contributed by atoms with Gasteiger partial charge in [-0.2, -0.15) is 11.8 Å². The number of hydrogen-bond donors (Lipinski definition) is 1. The highest BCUT2D eigenvalue weighted by molar-refractivity contribution is 7.98. The predicted octanol–water partition coefficient (Wildman–Crippen LogP) is 2.15. The van der Waals surface area contributed by atoms with Crippen LogP contribution >= 0.6 is 11.8 Å². The summed E-state index contributed by atoms with van der Waals surface area (Å²) >= 11 is 1.85. The first-order valence-electron chi connectivity index (χ1n) is 5.21. The van der Waals surface area contributed by atoms with Gasteiger partial charge >= 0.3 is 0 Å². The summed E-state index contributed by atoms with van der Waals surface area (Å²) in [6.45, 7) is 2.26. The molecule has 2 nitrogen and oxygen atoms in total. The Morgan fingerprint density at radius 2 is 2.12 bits per heavy atom. The maximum atomic E-state index is 5.29. The molecule has 0 radical (unpaired) electrons. The Labute approximate surface area is 102 Å². The first-order chi connectivity index (χ1) is 7.86. The van der Waals surface area contributed by atoms with Crippen molar-refractivity contribution in [2.45, 2.75) is 6.54 Å². The van der Waals surface area contributed by atoms with Gasteiger partial charge in [0.15, 0.2) is 0 Å². The minimum atomic E-state index is 0.325. The summed E-state index contributed by atoms with van der Waals surface area (Å²) in [6, 6.07) is 8.00. The quantitative estimate of drug-likeness (QED) is 0.578. The summed E-state index contributed by atoms with van der Waals surface area (Å²) in [5.74, 6) is 4.41. The number of benzene rings is 1. The molecule has 1 aromatic carbocycles. The van der Waals surface area contributed by atoms with Gasteiger partial charge in [0.25, 0.3) is 0 Å². The molecule has 0 fully saturated rings. The van der Waals surface area contributed by atoms with Crippen molar-refractivity contribution in [2.24, 2.45) is 0 Å². The fourth-order valence-corrected chi connectivity index (χ4v) is 1.58. The van der Waals surface area contributed by atoms with Crippen molar-refractivity contribution in [2.75, 3.05) is 25.2 Å². The molecular weight excluding hydrogens is 218 g/mol. The zero-order chi connectivity index (χ0) is 11.6. The summed E-state index contributed by atoms with van der Waals surface area (Å²) in [6.07, 6.45) is 7.22. The first-order valence-corrected chi connectivity index (χ1v) is 6.61. The molecule has 0 atom stereocenters. The monoisotopic (exact) mass is 235 g/mol. The van der Waals surface area contributed by atoms with Crippen molar-refractivity contribution in [1.82, 2.24) is 5.32 Å². The van der Waals surface area contributed by atoms with Crippen molar-refractivity contribution in [3.8, 4) is 18.1 Å². The van der Waals surface area contributed by atoms with Gasteiger partial charge in [-0.15, -0.1) is 6.42 Å². The Morgan fingerprint density at radius 1 is 1.38 bits per heavy atom. The number of rotatable bonds is 7. The molecule has 0 bridgehead atoms. The smallest absolute Gasteiger partial charge is 0.148 e. The van der Waals surface area contributed by atoms with E-state index in [0.29, 0.717) is 6.61 Å². The van der Waals surface area contributed by atoms with E-state index in [1.165, 1.54) is 5.56 Å². The van der Waals surface area contributed by atoms with Crippen LogP contribution in [0.2, 0.25) is 0 Å². The van der Waals surface area contributed by atoms with Gasteiger partial charge < -0.3 is 10.1 Å². The standard InChI is InChI=1S/C13H17NOS/c1-3-9-15-13-6-4-12(5-7-13)11-14-8-10-16-2/h1,4-7,14H,8-11H2,2H3. The van der Waals surface area contributed by atoms with Crippen LogP contribution in [0.15, 0.2) is 24.3 Å². The molecule has 0 saturated carbocycles. The van der Waals surface area contributed by atoms with Crippen LogP contribution in [0.5, 0.6) is 5.75 Å². The maximum Gasteiger partial charge on any atom is 0.148 e. The molecule has 0 unspecified atom stereocenters. The molecule has 0 aliphatic heterocycles. The van der Waals surface area contributed by atoms with Crippen molar-refractivity contribution in [1.29, 1.82) is 0 Å². The minimum Gasteiger partial charge on any atom is -0.481 e. The number of thioether (sulfide) groups is 1. The van der Waals surface area contributed by atoms with Gasteiger partial charge in [0.1, 0.15) is 12.4 Å². The van der Waals surface area contributed by atoms with E-state index in [-0.39, 0.29) is 0 Å². The summed E-state index contributed by atoms with van der Waals surface area (Å²) in [7, 11) is 0. The topological polar surface area (TPSA) is 21.3 Å². The SMILES string of the molecule is C#CCOc1ccc(CNCCSC)cc1. The lowest BCUT2D eigenvalue weighted by atomic mass is 10.2. The minimum absolute atomic E-state index is 0.325. The van der Waals surface area contributed by atoms with Crippen LogP contribution in [0.1, 0.15) is 5.56 Å². The molecule has 0 spiro atoms. The molecule has 0 saturated heterocycles. The third-order valence-corrected chi connectivity index (χ3v) is 2.67. The summed E-state index contributed by atoms with van der Waals surface area (Å²) in [5.41, 5.74) is 1.26. The van der Waals surface area contributed by atoms with Crippen LogP contribution in [0.3, 0.4) is 0 Å². The van der Waals surface area contributed by atoms with Gasteiger partial charge in [-0.05, 0) is 24.0 Å². The third kappa shape index (κ3) is 5.11. The molecule has 0 amide bonds. The molecule has 3 heteroatoms. The lowest BCUT2D eigenvalue weighted by Gasteiger charge is -2.05. The lowest BCUT2D eigenvalue weighted by Crippen LogP contribution is -2.16. The predicted molar refractivity (Wildman–Crippen MR) is 70.9 cm³/mol. The highest BCUT2D eigenvalue weighted by atomic mass is 32.2. The van der Waals surface area contributed by atoms with Crippen LogP contribution in [-0.4, -0.2) is 25.2 Å². The highest BCUT2D eigenvalue weighted by Crippen LogP contribution is 2.11. The Hall–Kier alpha value is -1.11. The zero-order valence-corrected chi connectivity index (χ0v) is 10.3. The third-order valence-electron chi connectivity index (χ3n) is 2.06. The van der Waals surface area contributed by atoms with Gasteiger partial charge in [-0.3, -0.25) is 0 Å². The largest absolute Gasteiger partial charge is 0.481 e. The molecular formula is C13H17NOS. The van der Waals surface area contributed by atoms with E-state index in [4.69, 9.17) is 11.2 Å². The second-order valence-corrected chi connectivity index (χ2v) is 4.29. The number of hydrogen-bond acceptors (Lipinski definition) is 3. The Balaban J connectivity index is 2.31. The van der Waals surface area contributed by atoms with Crippen molar-refractivity contribution in [3.05, 3.63) is 29.8 Å². The van der Waals surface area contributed by atoms with Crippen molar-refractivity contribution >= 4 is 11.8 Å². The van der Waals surface area contributed by atoms with Crippen LogP contribution in [-0.2, 0) is 6.54 Å². The normalized spacial score (nSPS) is 9.75. The van der Waals surface area contributed by atoms with Gasteiger partial charge in [0.05, 0.1) is 0 Å². The van der Waals surface area contributed by atoms with Crippen LogP contribution in [0.4, 0.5) is 0 Å². The summed E-state index contributed by atoms with van der Waals surface area (Å²) in [4.78, 5) is 0. The molecule has 1 aromatic rings. The zero-order valence-electron chi connectivity index (χ0n) is 9.53. The molecule has 0 heterocycles. The average molecular weight is 235 g/mol. The van der Waals surface area contributed by atoms with Gasteiger partial charge in [0.2, 0.25) is 0 Å². The van der Waals surface area contributed by atoms with E-state index < -0.39 is 0 Å². The molecule has 86 valence electrons. The Kier molecular flexibility index (Phi) is 6.55. The number of ether oxygens (including phenoxy) is 1. The number of terminal acetylenes is 1. The Bertz CT molecular complexity index is 329. The molecule has 16 heavy (non-hydrogen) atoms. The van der Waals surface area contributed by atoms with Crippen LogP contribution < -0.4 is 10.1 Å². The van der Waals surface area contributed by atoms with Gasteiger partial charge in [-0.25, -0.2) is 0 Å². The average Bonchev–Trinajstić information content (AvgIpc) is 2.33. The number of nitrogens with one attached hydrogen (secondary N) is 1. The van der Waals surface area contributed by atoms with E-state index in [0.717, 1.165) is 24.6 Å². The highest BCUT2D eigenvalue weighted by Gasteiger charge is 1.94. The maximum absolute atomic E-state index is 5.29.